The highest BCUT2D eigenvalue weighted by Gasteiger charge is 2.24. The van der Waals surface area contributed by atoms with E-state index >= 15 is 0 Å². The van der Waals surface area contributed by atoms with Crippen LogP contribution in [0.15, 0.2) is 54.6 Å². The topological polar surface area (TPSA) is 73.0 Å². The van der Waals surface area contributed by atoms with E-state index in [0.717, 1.165) is 0 Å². The molecule has 1 saturated heterocycles. The molecule has 0 atom stereocenters. The largest absolute Gasteiger partial charge is 0.339 e. The van der Waals surface area contributed by atoms with Crippen LogP contribution in [0.5, 0.6) is 0 Å². The number of nitrogens with zero attached hydrogens (tertiary/aromatic N) is 3. The van der Waals surface area contributed by atoms with Crippen LogP contribution in [0.25, 0.3) is 0 Å². The monoisotopic (exact) mass is 428 g/mol. The highest BCUT2D eigenvalue weighted by atomic mass is 35.5. The number of hydrogen-bond acceptors (Lipinski definition) is 4. The highest BCUT2D eigenvalue weighted by molar-refractivity contribution is 6.33. The molecule has 1 aliphatic rings. The Morgan fingerprint density at radius 1 is 0.967 bits per heavy atom. The molecule has 0 spiro atoms. The maximum atomic E-state index is 12.6. The van der Waals surface area contributed by atoms with Crippen molar-refractivity contribution in [1.82, 2.24) is 14.7 Å². The zero-order valence-electron chi connectivity index (χ0n) is 16.9. The van der Waals surface area contributed by atoms with E-state index in [9.17, 15) is 14.4 Å². The first kappa shape index (κ1) is 21.8. The summed E-state index contributed by atoms with van der Waals surface area (Å²) in [7, 11) is 1.63. The lowest BCUT2D eigenvalue weighted by Gasteiger charge is -2.35. The van der Waals surface area contributed by atoms with Crippen molar-refractivity contribution in [2.24, 2.45) is 0 Å². The fourth-order valence-electron chi connectivity index (χ4n) is 3.29. The molecular weight excluding hydrogens is 404 g/mol. The summed E-state index contributed by atoms with van der Waals surface area (Å²) < 4.78 is 0. The van der Waals surface area contributed by atoms with Gasteiger partial charge in [-0.1, -0.05) is 41.9 Å². The van der Waals surface area contributed by atoms with Gasteiger partial charge in [0.2, 0.25) is 11.8 Å². The molecule has 0 radical (unpaired) electrons. The molecule has 158 valence electrons. The molecule has 1 fully saturated rings. The summed E-state index contributed by atoms with van der Waals surface area (Å²) in [6, 6.07) is 16.0. The van der Waals surface area contributed by atoms with Crippen molar-refractivity contribution in [1.29, 1.82) is 0 Å². The average Bonchev–Trinajstić information content (AvgIpc) is 2.76. The van der Waals surface area contributed by atoms with Crippen LogP contribution in [0.1, 0.15) is 10.4 Å². The van der Waals surface area contributed by atoms with Crippen molar-refractivity contribution in [3.05, 3.63) is 65.2 Å². The van der Waals surface area contributed by atoms with Gasteiger partial charge in [-0.15, -0.1) is 0 Å². The predicted molar refractivity (Wildman–Crippen MR) is 117 cm³/mol. The Hall–Kier alpha value is -2.90. The van der Waals surface area contributed by atoms with E-state index in [4.69, 9.17) is 11.6 Å². The van der Waals surface area contributed by atoms with Crippen molar-refractivity contribution in [3.8, 4) is 0 Å². The Labute approximate surface area is 181 Å². The smallest absolute Gasteiger partial charge is 0.254 e. The number of amides is 3. The molecule has 1 heterocycles. The van der Waals surface area contributed by atoms with Crippen LogP contribution in [-0.4, -0.2) is 78.7 Å². The minimum absolute atomic E-state index is 0.0285. The fourth-order valence-corrected chi connectivity index (χ4v) is 3.47. The third-order valence-electron chi connectivity index (χ3n) is 4.98. The summed E-state index contributed by atoms with van der Waals surface area (Å²) in [5.74, 6) is -0.420. The van der Waals surface area contributed by atoms with Crippen molar-refractivity contribution in [2.75, 3.05) is 51.6 Å². The number of halogens is 1. The summed E-state index contributed by atoms with van der Waals surface area (Å²) in [6.45, 7) is 2.49. The molecule has 3 amide bonds. The summed E-state index contributed by atoms with van der Waals surface area (Å²) in [6.07, 6.45) is 0. The van der Waals surface area contributed by atoms with Gasteiger partial charge in [0.05, 0.1) is 23.8 Å². The molecule has 0 saturated carbocycles. The first-order valence-electron chi connectivity index (χ1n) is 9.79. The van der Waals surface area contributed by atoms with Gasteiger partial charge in [0, 0.05) is 38.8 Å². The van der Waals surface area contributed by atoms with Crippen molar-refractivity contribution < 1.29 is 14.4 Å². The SMILES string of the molecule is CN(CC(=O)N1CCN(CC(=O)Nc2ccccc2Cl)CC1)C(=O)c1ccccc1. The minimum atomic E-state index is -0.182. The van der Waals surface area contributed by atoms with Gasteiger partial charge in [0.25, 0.3) is 5.91 Å². The predicted octanol–water partition coefficient (Wildman–Crippen LogP) is 2.19. The number of benzene rings is 2. The van der Waals surface area contributed by atoms with Gasteiger partial charge in [0.15, 0.2) is 0 Å². The molecule has 2 aromatic rings. The van der Waals surface area contributed by atoms with Gasteiger partial charge in [0.1, 0.15) is 0 Å². The minimum Gasteiger partial charge on any atom is -0.339 e. The number of carbonyl (C=O) groups is 3. The molecule has 1 N–H and O–H groups in total. The molecule has 30 heavy (non-hydrogen) atoms. The standard InChI is InChI=1S/C22H25ClN4O3/c1-25(22(30)17-7-3-2-4-8-17)16-21(29)27-13-11-26(12-14-27)15-20(28)24-19-10-6-5-9-18(19)23/h2-10H,11-16H2,1H3,(H,24,28). The summed E-state index contributed by atoms with van der Waals surface area (Å²) in [5, 5.41) is 3.30. The second-order valence-electron chi connectivity index (χ2n) is 7.21. The van der Waals surface area contributed by atoms with Gasteiger partial charge in [-0.3, -0.25) is 19.3 Å². The summed E-state index contributed by atoms with van der Waals surface area (Å²) in [4.78, 5) is 42.4. The Balaban J connectivity index is 1.43. The lowest BCUT2D eigenvalue weighted by atomic mass is 10.2. The van der Waals surface area contributed by atoms with Crippen LogP contribution in [0.2, 0.25) is 5.02 Å². The zero-order valence-corrected chi connectivity index (χ0v) is 17.6. The molecule has 1 aliphatic heterocycles. The lowest BCUT2D eigenvalue weighted by molar-refractivity contribution is -0.133. The molecule has 2 aromatic carbocycles. The Morgan fingerprint density at radius 2 is 1.60 bits per heavy atom. The number of hydrogen-bond donors (Lipinski definition) is 1. The van der Waals surface area contributed by atoms with Crippen LogP contribution in [0.4, 0.5) is 5.69 Å². The van der Waals surface area contributed by atoms with E-state index < -0.39 is 0 Å². The number of nitrogens with one attached hydrogen (secondary N) is 1. The second kappa shape index (κ2) is 10.2. The molecule has 0 aromatic heterocycles. The molecule has 0 bridgehead atoms. The molecule has 7 nitrogen and oxygen atoms in total. The second-order valence-corrected chi connectivity index (χ2v) is 7.62. The maximum Gasteiger partial charge on any atom is 0.254 e. The Bertz CT molecular complexity index is 898. The molecular formula is C22H25ClN4O3. The third kappa shape index (κ3) is 5.81. The van der Waals surface area contributed by atoms with Crippen molar-refractivity contribution in [2.45, 2.75) is 0 Å². The molecule has 0 unspecified atom stereocenters. The number of anilines is 1. The Kier molecular flexibility index (Phi) is 7.43. The van der Waals surface area contributed by atoms with E-state index in [1.54, 1.807) is 54.4 Å². The van der Waals surface area contributed by atoms with Gasteiger partial charge in [-0.2, -0.15) is 0 Å². The lowest BCUT2D eigenvalue weighted by Crippen LogP contribution is -2.52. The molecule has 8 heteroatoms. The van der Waals surface area contributed by atoms with E-state index in [1.807, 2.05) is 17.0 Å². The normalized spacial score (nSPS) is 14.3. The van der Waals surface area contributed by atoms with E-state index in [1.165, 1.54) is 4.90 Å². The van der Waals surface area contributed by atoms with Crippen LogP contribution in [0, 0.1) is 0 Å². The van der Waals surface area contributed by atoms with Gasteiger partial charge in [-0.25, -0.2) is 0 Å². The van der Waals surface area contributed by atoms with Crippen molar-refractivity contribution >= 4 is 35.0 Å². The van der Waals surface area contributed by atoms with Gasteiger partial charge in [-0.05, 0) is 24.3 Å². The number of para-hydroxylation sites is 1. The Morgan fingerprint density at radius 3 is 2.27 bits per heavy atom. The number of carbonyl (C=O) groups excluding carboxylic acids is 3. The zero-order chi connectivity index (χ0) is 21.5. The maximum absolute atomic E-state index is 12.6. The van der Waals surface area contributed by atoms with Crippen LogP contribution in [-0.2, 0) is 9.59 Å². The summed E-state index contributed by atoms with van der Waals surface area (Å²) >= 11 is 6.07. The average molecular weight is 429 g/mol. The van der Waals surface area contributed by atoms with Gasteiger partial charge >= 0.3 is 0 Å². The van der Waals surface area contributed by atoms with Crippen LogP contribution >= 0.6 is 11.6 Å². The molecule has 0 aliphatic carbocycles. The molecule has 3 rings (SSSR count). The number of piperazine rings is 1. The van der Waals surface area contributed by atoms with Gasteiger partial charge < -0.3 is 15.1 Å². The van der Waals surface area contributed by atoms with E-state index in [2.05, 4.69) is 5.32 Å². The fraction of sp³-hybridized carbons (Fsp3) is 0.318. The summed E-state index contributed by atoms with van der Waals surface area (Å²) in [5.41, 5.74) is 1.14. The first-order chi connectivity index (χ1) is 14.4. The third-order valence-corrected chi connectivity index (χ3v) is 5.31. The van der Waals surface area contributed by atoms with E-state index in [-0.39, 0.29) is 30.8 Å². The van der Waals surface area contributed by atoms with E-state index in [0.29, 0.717) is 42.5 Å². The highest BCUT2D eigenvalue weighted by Crippen LogP contribution is 2.20. The van der Waals surface area contributed by atoms with Crippen LogP contribution < -0.4 is 5.32 Å². The van der Waals surface area contributed by atoms with Crippen LogP contribution in [0.3, 0.4) is 0 Å². The quantitative estimate of drug-likeness (QED) is 0.765. The number of likely N-dealkylation sites (N-methyl/N-ethyl adjacent to an activating group) is 1. The first-order valence-corrected chi connectivity index (χ1v) is 10.2. The number of rotatable bonds is 6. The van der Waals surface area contributed by atoms with Crippen molar-refractivity contribution in [3.63, 3.8) is 0 Å².